The standard InChI is InChI=1S/C22H39NO6/c1-2-3-4-5-6-7-8-9-10-11-12-16-23(17-13-20(24)25,18-14-21(26)27)19-15-22(28)29/h8-9H,2-7,10-19H2,1H3,(H2-,24,25,26,27,28,29)/b9-8+. The monoisotopic (exact) mass is 413 g/mol. The van der Waals surface area contributed by atoms with E-state index in [1.54, 1.807) is 0 Å². The van der Waals surface area contributed by atoms with Gasteiger partial charge in [0.25, 0.3) is 0 Å². The minimum absolute atomic E-state index is 0.107. The maximum Gasteiger partial charge on any atom is 0.309 e. The van der Waals surface area contributed by atoms with Crippen LogP contribution in [0.5, 0.6) is 0 Å². The van der Waals surface area contributed by atoms with Gasteiger partial charge in [0.15, 0.2) is 0 Å². The van der Waals surface area contributed by atoms with E-state index in [0.717, 1.165) is 25.7 Å². The fourth-order valence-electron chi connectivity index (χ4n) is 3.48. The molecule has 0 spiro atoms. The van der Waals surface area contributed by atoms with Crippen LogP contribution >= 0.6 is 0 Å². The van der Waals surface area contributed by atoms with Gasteiger partial charge in [-0.2, -0.15) is 0 Å². The largest absolute Gasteiger partial charge is 0.550 e. The molecule has 0 saturated carbocycles. The van der Waals surface area contributed by atoms with Crippen molar-refractivity contribution in [3.8, 4) is 0 Å². The van der Waals surface area contributed by atoms with Crippen LogP contribution in [-0.2, 0) is 14.4 Å². The summed E-state index contributed by atoms with van der Waals surface area (Å²) in [5, 5.41) is 29.0. The molecule has 0 saturated heterocycles. The lowest BCUT2D eigenvalue weighted by molar-refractivity contribution is -0.927. The number of hydrogen-bond donors (Lipinski definition) is 2. The molecular formula is C22H39NO6. The van der Waals surface area contributed by atoms with Crippen molar-refractivity contribution in [3.63, 3.8) is 0 Å². The molecule has 7 heteroatoms. The van der Waals surface area contributed by atoms with Gasteiger partial charge in [0.05, 0.1) is 39.0 Å². The van der Waals surface area contributed by atoms with Crippen LogP contribution < -0.4 is 5.11 Å². The molecule has 168 valence electrons. The second kappa shape index (κ2) is 17.0. The van der Waals surface area contributed by atoms with E-state index in [2.05, 4.69) is 19.1 Å². The average molecular weight is 414 g/mol. The van der Waals surface area contributed by atoms with Crippen molar-refractivity contribution in [2.24, 2.45) is 0 Å². The maximum atomic E-state index is 11.0. The van der Waals surface area contributed by atoms with Crippen LogP contribution in [0.25, 0.3) is 0 Å². The molecule has 0 radical (unpaired) electrons. The predicted molar refractivity (Wildman–Crippen MR) is 110 cm³/mol. The van der Waals surface area contributed by atoms with Crippen molar-refractivity contribution in [1.29, 1.82) is 0 Å². The highest BCUT2D eigenvalue weighted by atomic mass is 16.4. The smallest absolute Gasteiger partial charge is 0.309 e. The van der Waals surface area contributed by atoms with Gasteiger partial charge in [-0.05, 0) is 32.1 Å². The Hall–Kier alpha value is -1.89. The van der Waals surface area contributed by atoms with Crippen molar-refractivity contribution in [1.82, 2.24) is 0 Å². The molecule has 0 heterocycles. The van der Waals surface area contributed by atoms with Gasteiger partial charge in [0.1, 0.15) is 0 Å². The summed E-state index contributed by atoms with van der Waals surface area (Å²) in [6, 6.07) is 0. The zero-order chi connectivity index (χ0) is 22.0. The van der Waals surface area contributed by atoms with Crippen molar-refractivity contribution in [2.75, 3.05) is 26.2 Å². The maximum absolute atomic E-state index is 11.0. The van der Waals surface area contributed by atoms with E-state index in [-0.39, 0.29) is 43.4 Å². The summed E-state index contributed by atoms with van der Waals surface area (Å²) in [6.45, 7) is 3.47. The Morgan fingerprint density at radius 3 is 1.69 bits per heavy atom. The Bertz CT molecular complexity index is 458. The topological polar surface area (TPSA) is 115 Å². The first-order valence-electron chi connectivity index (χ1n) is 10.9. The fraction of sp³-hybridized carbons (Fsp3) is 0.773. The Morgan fingerprint density at radius 1 is 0.724 bits per heavy atom. The van der Waals surface area contributed by atoms with Gasteiger partial charge in [-0.3, -0.25) is 9.59 Å². The van der Waals surface area contributed by atoms with Gasteiger partial charge in [0.2, 0.25) is 0 Å². The Morgan fingerprint density at radius 2 is 1.21 bits per heavy atom. The van der Waals surface area contributed by atoms with Gasteiger partial charge in [-0.1, -0.05) is 44.8 Å². The summed E-state index contributed by atoms with van der Waals surface area (Å²) in [5.74, 6) is -3.11. The summed E-state index contributed by atoms with van der Waals surface area (Å²) < 4.78 is 0.202. The predicted octanol–water partition coefficient (Wildman–Crippen LogP) is 2.98. The Kier molecular flexibility index (Phi) is 15.9. The number of rotatable bonds is 20. The molecule has 0 aromatic carbocycles. The lowest BCUT2D eigenvalue weighted by atomic mass is 10.1. The number of hydrogen-bond acceptors (Lipinski definition) is 4. The lowest BCUT2D eigenvalue weighted by Crippen LogP contribution is -2.53. The number of carboxylic acid groups (broad SMARTS) is 3. The van der Waals surface area contributed by atoms with Crippen molar-refractivity contribution >= 4 is 17.9 Å². The van der Waals surface area contributed by atoms with Crippen LogP contribution in [0.1, 0.15) is 84.0 Å². The third-order valence-corrected chi connectivity index (χ3v) is 5.28. The van der Waals surface area contributed by atoms with Crippen LogP contribution in [0.2, 0.25) is 0 Å². The normalized spacial score (nSPS) is 11.8. The molecule has 0 atom stereocenters. The summed E-state index contributed by atoms with van der Waals surface area (Å²) in [6.07, 6.45) is 14.0. The molecule has 0 rings (SSSR count). The number of aliphatic carboxylic acids is 3. The number of nitrogens with zero attached hydrogens (tertiary/aromatic N) is 1. The highest BCUT2D eigenvalue weighted by molar-refractivity contribution is 5.67. The third kappa shape index (κ3) is 16.7. The quantitative estimate of drug-likeness (QED) is 0.180. The van der Waals surface area contributed by atoms with Crippen LogP contribution in [0.4, 0.5) is 0 Å². The van der Waals surface area contributed by atoms with Gasteiger partial charge in [-0.25, -0.2) is 0 Å². The SMILES string of the molecule is CCCCCCC/C=C/CCCC[N+](CCC(=O)[O-])(CCC(=O)O)CCC(=O)O. The fourth-order valence-corrected chi connectivity index (χ4v) is 3.48. The molecule has 0 unspecified atom stereocenters. The molecule has 7 nitrogen and oxygen atoms in total. The lowest BCUT2D eigenvalue weighted by Gasteiger charge is -2.38. The molecule has 0 aliphatic rings. The molecule has 0 fully saturated rings. The van der Waals surface area contributed by atoms with Crippen LogP contribution in [0.15, 0.2) is 12.2 Å². The first-order chi connectivity index (χ1) is 13.8. The molecule has 29 heavy (non-hydrogen) atoms. The Balaban J connectivity index is 4.49. The van der Waals surface area contributed by atoms with E-state index in [1.807, 2.05) is 0 Å². The van der Waals surface area contributed by atoms with E-state index in [0.29, 0.717) is 6.54 Å². The van der Waals surface area contributed by atoms with Gasteiger partial charge in [0, 0.05) is 12.4 Å². The minimum atomic E-state index is -1.19. The first-order valence-corrected chi connectivity index (χ1v) is 10.9. The highest BCUT2D eigenvalue weighted by Crippen LogP contribution is 2.15. The molecular weight excluding hydrogens is 374 g/mol. The van der Waals surface area contributed by atoms with Crippen molar-refractivity contribution in [2.45, 2.75) is 84.0 Å². The van der Waals surface area contributed by atoms with E-state index < -0.39 is 17.9 Å². The summed E-state index contributed by atoms with van der Waals surface area (Å²) in [4.78, 5) is 33.0. The highest BCUT2D eigenvalue weighted by Gasteiger charge is 2.28. The summed E-state index contributed by atoms with van der Waals surface area (Å²) >= 11 is 0. The number of carbonyl (C=O) groups excluding carboxylic acids is 1. The minimum Gasteiger partial charge on any atom is -0.550 e. The van der Waals surface area contributed by atoms with E-state index >= 15 is 0 Å². The van der Waals surface area contributed by atoms with Crippen molar-refractivity contribution in [3.05, 3.63) is 12.2 Å². The number of unbranched alkanes of at least 4 members (excludes halogenated alkanes) is 7. The van der Waals surface area contributed by atoms with Crippen molar-refractivity contribution < 1.29 is 34.2 Å². The van der Waals surface area contributed by atoms with Crippen LogP contribution in [0, 0.1) is 0 Å². The molecule has 0 amide bonds. The number of allylic oxidation sites excluding steroid dienone is 2. The zero-order valence-electron chi connectivity index (χ0n) is 17.9. The molecule has 0 bridgehead atoms. The van der Waals surface area contributed by atoms with Gasteiger partial charge in [-0.15, -0.1) is 0 Å². The zero-order valence-corrected chi connectivity index (χ0v) is 17.9. The molecule has 2 N–H and O–H groups in total. The molecule has 0 aromatic heterocycles. The van der Waals surface area contributed by atoms with E-state index in [9.17, 15) is 19.5 Å². The summed E-state index contributed by atoms with van der Waals surface area (Å²) in [5.41, 5.74) is 0. The van der Waals surface area contributed by atoms with Crippen LogP contribution in [-0.4, -0.2) is 58.8 Å². The third-order valence-electron chi connectivity index (χ3n) is 5.28. The van der Waals surface area contributed by atoms with Gasteiger partial charge < -0.3 is 24.6 Å². The number of carboxylic acids is 3. The number of quaternary nitrogens is 1. The second-order valence-electron chi connectivity index (χ2n) is 7.82. The van der Waals surface area contributed by atoms with E-state index in [4.69, 9.17) is 10.2 Å². The summed E-state index contributed by atoms with van der Waals surface area (Å²) in [7, 11) is 0. The Labute approximate surface area is 175 Å². The average Bonchev–Trinajstić information content (AvgIpc) is 2.66. The molecule has 0 aromatic rings. The second-order valence-corrected chi connectivity index (χ2v) is 7.82. The van der Waals surface area contributed by atoms with E-state index in [1.165, 1.54) is 32.1 Å². The number of carbonyl (C=O) groups is 3. The molecule has 0 aliphatic heterocycles. The van der Waals surface area contributed by atoms with Crippen LogP contribution in [0.3, 0.4) is 0 Å². The van der Waals surface area contributed by atoms with Gasteiger partial charge >= 0.3 is 11.9 Å². The first kappa shape index (κ1) is 27.1. The molecule has 0 aliphatic carbocycles.